The fraction of sp³-hybridized carbons (Fsp3) is 0.231. The van der Waals surface area contributed by atoms with Crippen LogP contribution < -0.4 is 15.2 Å². The molecule has 0 atom stereocenters. The summed E-state index contributed by atoms with van der Waals surface area (Å²) in [4.78, 5) is 25.4. The summed E-state index contributed by atoms with van der Waals surface area (Å²) in [5, 5.41) is 20.3. The van der Waals surface area contributed by atoms with Crippen LogP contribution >= 0.6 is 0 Å². The topological polar surface area (TPSA) is 119 Å². The number of ether oxygens (including phenoxy) is 2. The van der Waals surface area contributed by atoms with Gasteiger partial charge in [-0.2, -0.15) is 0 Å². The van der Waals surface area contributed by atoms with Crippen LogP contribution in [0.25, 0.3) is 0 Å². The summed E-state index contributed by atoms with van der Waals surface area (Å²) in [7, 11) is 0. The Morgan fingerprint density at radius 1 is 0.697 bits per heavy atom. The molecule has 7 nitrogen and oxygen atoms in total. The summed E-state index contributed by atoms with van der Waals surface area (Å²) in [5.74, 6) is -0.939. The van der Waals surface area contributed by atoms with Crippen LogP contribution in [0.1, 0.15) is 59.5 Å². The molecule has 172 valence electrons. The van der Waals surface area contributed by atoms with Crippen molar-refractivity contribution in [1.82, 2.24) is 0 Å². The molecule has 3 rings (SSSR count). The highest BCUT2D eigenvalue weighted by Gasteiger charge is 2.20. The monoisotopic (exact) mass is 449 g/mol. The van der Waals surface area contributed by atoms with Crippen LogP contribution in [0.5, 0.6) is 11.5 Å². The molecule has 4 N–H and O–H groups in total. The summed E-state index contributed by atoms with van der Waals surface area (Å²) < 4.78 is 10.8. The SMILES string of the molecule is CC(C)(O)c1cccc(OC(=O)c2cc(N)cc(C(=O)Oc3cccc(C(C)(C)O)c3)c2)c1. The second kappa shape index (κ2) is 9.05. The molecule has 0 aliphatic carbocycles. The van der Waals surface area contributed by atoms with Crippen molar-refractivity contribution in [3.63, 3.8) is 0 Å². The van der Waals surface area contributed by atoms with Gasteiger partial charge >= 0.3 is 11.9 Å². The number of nitrogens with two attached hydrogens (primary N) is 1. The first-order valence-corrected chi connectivity index (χ1v) is 10.3. The van der Waals surface area contributed by atoms with Crippen molar-refractivity contribution in [1.29, 1.82) is 0 Å². The Bertz CT molecular complexity index is 1100. The van der Waals surface area contributed by atoms with Gasteiger partial charge in [-0.1, -0.05) is 24.3 Å². The van der Waals surface area contributed by atoms with E-state index in [2.05, 4.69) is 0 Å². The minimum Gasteiger partial charge on any atom is -0.423 e. The minimum atomic E-state index is -1.10. The van der Waals surface area contributed by atoms with Gasteiger partial charge in [-0.3, -0.25) is 0 Å². The van der Waals surface area contributed by atoms with Crippen molar-refractivity contribution in [3.8, 4) is 11.5 Å². The predicted molar refractivity (Wildman–Crippen MR) is 124 cm³/mol. The van der Waals surface area contributed by atoms with Gasteiger partial charge in [0.15, 0.2) is 0 Å². The molecule has 0 unspecified atom stereocenters. The molecule has 0 aliphatic rings. The Balaban J connectivity index is 1.81. The van der Waals surface area contributed by atoms with E-state index in [1.807, 2.05) is 0 Å². The number of nitrogen functional groups attached to an aromatic ring is 1. The summed E-state index contributed by atoms with van der Waals surface area (Å²) in [5.41, 5.74) is 5.20. The van der Waals surface area contributed by atoms with E-state index in [4.69, 9.17) is 15.2 Å². The molecular weight excluding hydrogens is 422 g/mol. The van der Waals surface area contributed by atoms with Gasteiger partial charge in [0, 0.05) is 5.69 Å². The number of anilines is 1. The van der Waals surface area contributed by atoms with Gasteiger partial charge in [0.05, 0.1) is 22.3 Å². The third kappa shape index (κ3) is 6.19. The highest BCUT2D eigenvalue weighted by molar-refractivity contribution is 5.98. The third-order valence-corrected chi connectivity index (χ3v) is 4.93. The maximum absolute atomic E-state index is 12.7. The molecule has 0 heterocycles. The molecule has 3 aromatic rings. The number of carbonyl (C=O) groups is 2. The average molecular weight is 450 g/mol. The molecule has 0 bridgehead atoms. The molecule has 0 aliphatic heterocycles. The van der Waals surface area contributed by atoms with Gasteiger partial charge in [-0.15, -0.1) is 0 Å². The Kier molecular flexibility index (Phi) is 6.58. The largest absolute Gasteiger partial charge is 0.423 e. The highest BCUT2D eigenvalue weighted by Crippen LogP contribution is 2.26. The zero-order chi connectivity index (χ0) is 24.4. The fourth-order valence-electron chi connectivity index (χ4n) is 3.10. The van der Waals surface area contributed by atoms with Crippen molar-refractivity contribution in [2.24, 2.45) is 0 Å². The van der Waals surface area contributed by atoms with Crippen LogP contribution in [0, 0.1) is 0 Å². The molecule has 0 saturated heterocycles. The second-order valence-electron chi connectivity index (χ2n) is 8.80. The van der Waals surface area contributed by atoms with Gasteiger partial charge in [-0.05, 0) is 81.3 Å². The van der Waals surface area contributed by atoms with Crippen LogP contribution in [-0.4, -0.2) is 22.2 Å². The van der Waals surface area contributed by atoms with Crippen LogP contribution in [0.4, 0.5) is 5.69 Å². The van der Waals surface area contributed by atoms with Crippen molar-refractivity contribution >= 4 is 17.6 Å². The van der Waals surface area contributed by atoms with E-state index in [1.54, 1.807) is 76.2 Å². The average Bonchev–Trinajstić information content (AvgIpc) is 2.72. The quantitative estimate of drug-likeness (QED) is 0.294. The zero-order valence-electron chi connectivity index (χ0n) is 19.0. The standard InChI is InChI=1S/C26H27NO6/c1-25(2,30)18-7-5-9-21(14-18)32-23(28)16-11-17(13-20(27)12-16)24(29)33-22-10-6-8-19(15-22)26(3,4)31/h5-15,30-31H,27H2,1-4H3. The van der Waals surface area contributed by atoms with Crippen LogP contribution in [-0.2, 0) is 11.2 Å². The van der Waals surface area contributed by atoms with E-state index in [0.29, 0.717) is 11.1 Å². The summed E-state index contributed by atoms with van der Waals surface area (Å²) in [6.45, 7) is 6.50. The van der Waals surface area contributed by atoms with Crippen LogP contribution in [0.2, 0.25) is 0 Å². The van der Waals surface area contributed by atoms with Gasteiger partial charge in [0.1, 0.15) is 11.5 Å². The molecule has 3 aromatic carbocycles. The van der Waals surface area contributed by atoms with Crippen LogP contribution in [0.3, 0.4) is 0 Å². The molecule has 0 radical (unpaired) electrons. The Labute approximate surface area is 192 Å². The van der Waals surface area contributed by atoms with E-state index in [1.165, 1.54) is 18.2 Å². The summed E-state index contributed by atoms with van der Waals surface area (Å²) in [6, 6.07) is 17.2. The van der Waals surface area contributed by atoms with E-state index in [0.717, 1.165) is 0 Å². The van der Waals surface area contributed by atoms with Crippen molar-refractivity contribution < 1.29 is 29.3 Å². The van der Waals surface area contributed by atoms with Crippen molar-refractivity contribution in [2.45, 2.75) is 38.9 Å². The first-order chi connectivity index (χ1) is 15.3. The summed E-state index contributed by atoms with van der Waals surface area (Å²) in [6.07, 6.45) is 0. The second-order valence-corrected chi connectivity index (χ2v) is 8.80. The summed E-state index contributed by atoms with van der Waals surface area (Å²) >= 11 is 0. The lowest BCUT2D eigenvalue weighted by Gasteiger charge is -2.18. The normalized spacial score (nSPS) is 11.7. The first kappa shape index (κ1) is 24.0. The minimum absolute atomic E-state index is 0.0702. The van der Waals surface area contributed by atoms with Gasteiger partial charge in [0.25, 0.3) is 0 Å². The lowest BCUT2D eigenvalue weighted by atomic mass is 9.98. The Morgan fingerprint density at radius 2 is 1.09 bits per heavy atom. The first-order valence-electron chi connectivity index (χ1n) is 10.3. The van der Waals surface area contributed by atoms with E-state index >= 15 is 0 Å². The number of aliphatic hydroxyl groups is 2. The number of hydrogen-bond acceptors (Lipinski definition) is 7. The maximum atomic E-state index is 12.7. The van der Waals surface area contributed by atoms with Crippen LogP contribution in [0.15, 0.2) is 66.7 Å². The number of benzene rings is 3. The predicted octanol–water partition coefficient (Wildman–Crippen LogP) is 4.16. The smallest absolute Gasteiger partial charge is 0.343 e. The Hall–Kier alpha value is -3.68. The Morgan fingerprint density at radius 3 is 1.45 bits per heavy atom. The fourth-order valence-corrected chi connectivity index (χ4v) is 3.10. The molecule has 7 heteroatoms. The van der Waals surface area contributed by atoms with E-state index < -0.39 is 23.1 Å². The van der Waals surface area contributed by atoms with Crippen molar-refractivity contribution in [2.75, 3.05) is 5.73 Å². The zero-order valence-corrected chi connectivity index (χ0v) is 19.0. The highest BCUT2D eigenvalue weighted by atomic mass is 16.5. The van der Waals surface area contributed by atoms with E-state index in [9.17, 15) is 19.8 Å². The molecule has 0 spiro atoms. The molecule has 0 aromatic heterocycles. The van der Waals surface area contributed by atoms with Crippen molar-refractivity contribution in [3.05, 3.63) is 89.0 Å². The number of hydrogen-bond donors (Lipinski definition) is 3. The molecule has 0 amide bonds. The van der Waals surface area contributed by atoms with E-state index in [-0.39, 0.29) is 28.3 Å². The maximum Gasteiger partial charge on any atom is 0.343 e. The molecule has 0 fully saturated rings. The molecule has 33 heavy (non-hydrogen) atoms. The number of rotatable bonds is 6. The van der Waals surface area contributed by atoms with Gasteiger partial charge in [0.2, 0.25) is 0 Å². The van der Waals surface area contributed by atoms with Gasteiger partial charge < -0.3 is 25.4 Å². The van der Waals surface area contributed by atoms with Gasteiger partial charge in [-0.25, -0.2) is 9.59 Å². The number of esters is 2. The lowest BCUT2D eigenvalue weighted by Crippen LogP contribution is -2.17. The lowest BCUT2D eigenvalue weighted by molar-refractivity contribution is 0.0711. The molecule has 0 saturated carbocycles. The third-order valence-electron chi connectivity index (χ3n) is 4.93. The number of carbonyl (C=O) groups excluding carboxylic acids is 2. The molecular formula is C26H27NO6.